The molecule has 8 nitrogen and oxygen atoms in total. The first-order chi connectivity index (χ1) is 13.5. The Kier molecular flexibility index (Phi) is 8.10. The third-order valence-corrected chi connectivity index (χ3v) is 4.81. The van der Waals surface area contributed by atoms with Crippen molar-refractivity contribution in [3.05, 3.63) is 29.8 Å². The predicted molar refractivity (Wildman–Crippen MR) is 104 cm³/mol. The van der Waals surface area contributed by atoms with Crippen molar-refractivity contribution in [2.75, 3.05) is 39.9 Å². The third-order valence-electron chi connectivity index (χ3n) is 4.81. The molecule has 0 bridgehead atoms. The number of likely N-dealkylation sites (tertiary alicyclic amines) is 1. The van der Waals surface area contributed by atoms with E-state index in [-0.39, 0.29) is 23.9 Å². The molecule has 0 aromatic heterocycles. The van der Waals surface area contributed by atoms with Crippen LogP contribution in [-0.4, -0.2) is 73.6 Å². The summed E-state index contributed by atoms with van der Waals surface area (Å²) in [5.41, 5.74) is 0.511. The SMILES string of the molecule is CCOC(=O)N1CCC(N(CCNC(=O)c2cccc(OC)c2)C(C)=O)CC1. The van der Waals surface area contributed by atoms with Gasteiger partial charge in [0.15, 0.2) is 0 Å². The fraction of sp³-hybridized carbons (Fsp3) is 0.550. The van der Waals surface area contributed by atoms with E-state index in [0.717, 1.165) is 0 Å². The van der Waals surface area contributed by atoms with Crippen LogP contribution in [0.5, 0.6) is 5.75 Å². The zero-order valence-electron chi connectivity index (χ0n) is 16.8. The lowest BCUT2D eigenvalue weighted by atomic mass is 10.0. The predicted octanol–water partition coefficient (Wildman–Crippen LogP) is 1.89. The highest BCUT2D eigenvalue weighted by Gasteiger charge is 2.28. The minimum Gasteiger partial charge on any atom is -0.497 e. The number of nitrogens with one attached hydrogen (secondary N) is 1. The summed E-state index contributed by atoms with van der Waals surface area (Å²) in [6, 6.07) is 6.97. The van der Waals surface area contributed by atoms with Crippen LogP contribution >= 0.6 is 0 Å². The molecule has 1 N–H and O–H groups in total. The van der Waals surface area contributed by atoms with E-state index in [1.165, 1.54) is 6.92 Å². The highest BCUT2D eigenvalue weighted by molar-refractivity contribution is 5.94. The van der Waals surface area contributed by atoms with Crippen molar-refractivity contribution in [3.8, 4) is 5.75 Å². The molecule has 28 heavy (non-hydrogen) atoms. The Bertz CT molecular complexity index is 686. The Morgan fingerprint density at radius 1 is 1.25 bits per heavy atom. The van der Waals surface area contributed by atoms with Gasteiger partial charge in [0.1, 0.15) is 5.75 Å². The fourth-order valence-corrected chi connectivity index (χ4v) is 3.33. The molecule has 1 heterocycles. The van der Waals surface area contributed by atoms with Crippen LogP contribution in [0.25, 0.3) is 0 Å². The summed E-state index contributed by atoms with van der Waals surface area (Å²) in [5.74, 6) is 0.371. The molecule has 1 aromatic carbocycles. The molecule has 1 fully saturated rings. The summed E-state index contributed by atoms with van der Waals surface area (Å²) < 4.78 is 10.2. The fourth-order valence-electron chi connectivity index (χ4n) is 3.33. The number of methoxy groups -OCH3 is 1. The molecule has 1 saturated heterocycles. The van der Waals surface area contributed by atoms with Crippen molar-refractivity contribution in [1.82, 2.24) is 15.1 Å². The average Bonchev–Trinajstić information content (AvgIpc) is 2.71. The maximum Gasteiger partial charge on any atom is 0.409 e. The van der Waals surface area contributed by atoms with Crippen LogP contribution < -0.4 is 10.1 Å². The minimum absolute atomic E-state index is 0.0368. The molecule has 0 saturated carbocycles. The normalized spacial score (nSPS) is 14.3. The first-order valence-corrected chi connectivity index (χ1v) is 9.57. The molecule has 1 aromatic rings. The van der Waals surface area contributed by atoms with Crippen molar-refractivity contribution in [1.29, 1.82) is 0 Å². The molecule has 0 radical (unpaired) electrons. The molecule has 154 valence electrons. The molecule has 1 aliphatic rings. The Morgan fingerprint density at radius 2 is 1.96 bits per heavy atom. The lowest BCUT2D eigenvalue weighted by molar-refractivity contribution is -0.131. The van der Waals surface area contributed by atoms with Gasteiger partial charge in [0.05, 0.1) is 13.7 Å². The van der Waals surface area contributed by atoms with Gasteiger partial charge in [-0.05, 0) is 38.0 Å². The van der Waals surface area contributed by atoms with E-state index in [2.05, 4.69) is 5.32 Å². The Morgan fingerprint density at radius 3 is 2.57 bits per heavy atom. The van der Waals surface area contributed by atoms with Crippen molar-refractivity contribution < 1.29 is 23.9 Å². The van der Waals surface area contributed by atoms with Gasteiger partial charge in [-0.3, -0.25) is 9.59 Å². The summed E-state index contributed by atoms with van der Waals surface area (Å²) in [6.45, 7) is 5.56. The maximum atomic E-state index is 12.3. The van der Waals surface area contributed by atoms with E-state index < -0.39 is 0 Å². The second-order valence-electron chi connectivity index (χ2n) is 6.62. The molecule has 3 amide bonds. The van der Waals surface area contributed by atoms with Gasteiger partial charge in [0.25, 0.3) is 5.91 Å². The summed E-state index contributed by atoms with van der Waals surface area (Å²) in [6.07, 6.45) is 1.09. The van der Waals surface area contributed by atoms with Crippen LogP contribution in [0.15, 0.2) is 24.3 Å². The number of benzene rings is 1. The number of hydrogen-bond acceptors (Lipinski definition) is 5. The van der Waals surface area contributed by atoms with Gasteiger partial charge >= 0.3 is 6.09 Å². The topological polar surface area (TPSA) is 88.2 Å². The zero-order valence-corrected chi connectivity index (χ0v) is 16.8. The highest BCUT2D eigenvalue weighted by Crippen LogP contribution is 2.17. The zero-order chi connectivity index (χ0) is 20.5. The first-order valence-electron chi connectivity index (χ1n) is 9.57. The second-order valence-corrected chi connectivity index (χ2v) is 6.62. The monoisotopic (exact) mass is 391 g/mol. The number of ether oxygens (including phenoxy) is 2. The molecule has 2 rings (SSSR count). The van der Waals surface area contributed by atoms with Crippen molar-refractivity contribution in [2.45, 2.75) is 32.7 Å². The lowest BCUT2D eigenvalue weighted by Gasteiger charge is -2.37. The molecular formula is C20H29N3O5. The van der Waals surface area contributed by atoms with Gasteiger partial charge in [-0.2, -0.15) is 0 Å². The molecule has 0 spiro atoms. The number of carbonyl (C=O) groups is 3. The van der Waals surface area contributed by atoms with E-state index in [0.29, 0.717) is 56.9 Å². The van der Waals surface area contributed by atoms with Crippen molar-refractivity contribution in [3.63, 3.8) is 0 Å². The van der Waals surface area contributed by atoms with Gasteiger partial charge in [-0.1, -0.05) is 6.07 Å². The van der Waals surface area contributed by atoms with Crippen LogP contribution in [-0.2, 0) is 9.53 Å². The number of amides is 3. The second kappa shape index (κ2) is 10.5. The van der Waals surface area contributed by atoms with E-state index in [1.807, 2.05) is 0 Å². The number of hydrogen-bond donors (Lipinski definition) is 1. The average molecular weight is 391 g/mol. The first kappa shape index (κ1) is 21.5. The van der Waals surface area contributed by atoms with Crippen molar-refractivity contribution in [2.24, 2.45) is 0 Å². The Balaban J connectivity index is 1.84. The number of carbonyl (C=O) groups excluding carboxylic acids is 3. The van der Waals surface area contributed by atoms with Crippen molar-refractivity contribution >= 4 is 17.9 Å². The van der Waals surface area contributed by atoms with E-state index in [4.69, 9.17) is 9.47 Å². The van der Waals surface area contributed by atoms with Gasteiger partial charge in [0.2, 0.25) is 5.91 Å². The van der Waals surface area contributed by atoms with Crippen LogP contribution in [0.3, 0.4) is 0 Å². The Hall–Kier alpha value is -2.77. The van der Waals surface area contributed by atoms with E-state index >= 15 is 0 Å². The number of piperidine rings is 1. The lowest BCUT2D eigenvalue weighted by Crippen LogP contribution is -2.50. The van der Waals surface area contributed by atoms with Gasteiger partial charge in [-0.25, -0.2) is 4.79 Å². The highest BCUT2D eigenvalue weighted by atomic mass is 16.6. The minimum atomic E-state index is -0.305. The third kappa shape index (κ3) is 5.87. The quantitative estimate of drug-likeness (QED) is 0.767. The molecule has 1 aliphatic heterocycles. The van der Waals surface area contributed by atoms with Gasteiger partial charge in [0, 0.05) is 44.7 Å². The summed E-state index contributed by atoms with van der Waals surface area (Å²) in [7, 11) is 1.55. The largest absolute Gasteiger partial charge is 0.497 e. The standard InChI is InChI=1S/C20H29N3O5/c1-4-28-20(26)22-11-8-17(9-12-22)23(15(2)24)13-10-21-19(25)16-6-5-7-18(14-16)27-3/h5-7,14,17H,4,8-13H2,1-3H3,(H,21,25). The molecular weight excluding hydrogens is 362 g/mol. The smallest absolute Gasteiger partial charge is 0.409 e. The molecule has 0 atom stereocenters. The summed E-state index contributed by atoms with van der Waals surface area (Å²) in [5, 5.41) is 2.85. The number of nitrogens with zero attached hydrogens (tertiary/aromatic N) is 2. The van der Waals surface area contributed by atoms with Crippen LogP contribution in [0.1, 0.15) is 37.0 Å². The van der Waals surface area contributed by atoms with Crippen LogP contribution in [0.2, 0.25) is 0 Å². The van der Waals surface area contributed by atoms with Crippen LogP contribution in [0.4, 0.5) is 4.79 Å². The Labute approximate surface area is 165 Å². The van der Waals surface area contributed by atoms with E-state index in [9.17, 15) is 14.4 Å². The van der Waals surface area contributed by atoms with Gasteiger partial charge in [-0.15, -0.1) is 0 Å². The van der Waals surface area contributed by atoms with Gasteiger partial charge < -0.3 is 24.6 Å². The summed E-state index contributed by atoms with van der Waals surface area (Å²) >= 11 is 0. The molecule has 0 aliphatic carbocycles. The van der Waals surface area contributed by atoms with Crippen LogP contribution in [0, 0.1) is 0 Å². The number of rotatable bonds is 7. The maximum absolute atomic E-state index is 12.3. The molecule has 0 unspecified atom stereocenters. The summed E-state index contributed by atoms with van der Waals surface area (Å²) in [4.78, 5) is 39.6. The van der Waals surface area contributed by atoms with E-state index in [1.54, 1.807) is 48.1 Å². The molecule has 8 heteroatoms.